The second-order valence-corrected chi connectivity index (χ2v) is 7.04. The molecule has 0 amide bonds. The molecule has 0 spiro atoms. The monoisotopic (exact) mass is 423 g/mol. The van der Waals surface area contributed by atoms with Crippen LogP contribution in [0.2, 0.25) is 0 Å². The van der Waals surface area contributed by atoms with Crippen LogP contribution in [0.3, 0.4) is 0 Å². The predicted octanol–water partition coefficient (Wildman–Crippen LogP) is -1.32. The molecule has 6 atom stereocenters. The number of esters is 1. The molecule has 1 fully saturated rings. The van der Waals surface area contributed by atoms with E-state index in [2.05, 4.69) is 0 Å². The summed E-state index contributed by atoms with van der Waals surface area (Å²) in [5, 5.41) is 29.3. The fourth-order valence-corrected chi connectivity index (χ4v) is 2.93. The van der Waals surface area contributed by atoms with Crippen molar-refractivity contribution in [3.63, 3.8) is 0 Å². The fourth-order valence-electron chi connectivity index (χ4n) is 2.93. The summed E-state index contributed by atoms with van der Waals surface area (Å²) >= 11 is 0. The van der Waals surface area contributed by atoms with Gasteiger partial charge in [-0.2, -0.15) is 0 Å². The van der Waals surface area contributed by atoms with Gasteiger partial charge in [-0.25, -0.2) is 0 Å². The number of nitrogens with two attached hydrogens (primary N) is 1. The first-order valence-corrected chi connectivity index (χ1v) is 10.2. The smallest absolute Gasteiger partial charge is 0.309 e. The number of rotatable bonds is 15. The Labute approximate surface area is 172 Å². The van der Waals surface area contributed by atoms with Crippen LogP contribution in [0.4, 0.5) is 0 Å². The van der Waals surface area contributed by atoms with Crippen molar-refractivity contribution in [3.8, 4) is 0 Å². The van der Waals surface area contributed by atoms with Gasteiger partial charge in [0.2, 0.25) is 0 Å². The standard InChI is InChI=1S/C19H37NO9/c1-3-14(11-27-9-8-26-7-6-25-5-4-20)29-19(24)13(2)15-12-28-16(10-21)18(23)17(15)22/h13-18,21-23H,3-12,20H2,1-2H3/t13?,14-,15-,16-,17-,18+/m1/s1. The van der Waals surface area contributed by atoms with E-state index in [1.807, 2.05) is 6.92 Å². The maximum atomic E-state index is 12.5. The lowest BCUT2D eigenvalue weighted by Crippen LogP contribution is -2.54. The highest BCUT2D eigenvalue weighted by atomic mass is 16.6. The van der Waals surface area contributed by atoms with Gasteiger partial charge in [-0.1, -0.05) is 13.8 Å². The Hall–Kier alpha value is -0.850. The first-order chi connectivity index (χ1) is 14.0. The molecule has 172 valence electrons. The first-order valence-electron chi connectivity index (χ1n) is 10.2. The number of carbonyl (C=O) groups excluding carboxylic acids is 1. The van der Waals surface area contributed by atoms with Gasteiger partial charge >= 0.3 is 5.97 Å². The second kappa shape index (κ2) is 15.0. The lowest BCUT2D eigenvalue weighted by atomic mass is 9.83. The molecule has 0 bridgehead atoms. The molecular weight excluding hydrogens is 386 g/mol. The van der Waals surface area contributed by atoms with Crippen molar-refractivity contribution in [3.05, 3.63) is 0 Å². The van der Waals surface area contributed by atoms with Crippen molar-refractivity contribution in [2.75, 3.05) is 59.4 Å². The minimum Gasteiger partial charge on any atom is -0.460 e. The van der Waals surface area contributed by atoms with Crippen LogP contribution in [0.15, 0.2) is 0 Å². The Morgan fingerprint density at radius 3 is 2.31 bits per heavy atom. The third-order valence-electron chi connectivity index (χ3n) is 4.91. The molecule has 10 heteroatoms. The van der Waals surface area contributed by atoms with Crippen LogP contribution in [0.1, 0.15) is 20.3 Å². The summed E-state index contributed by atoms with van der Waals surface area (Å²) in [7, 11) is 0. The summed E-state index contributed by atoms with van der Waals surface area (Å²) in [6.45, 7) is 6.10. The summed E-state index contributed by atoms with van der Waals surface area (Å²) in [4.78, 5) is 12.5. The van der Waals surface area contributed by atoms with Crippen LogP contribution in [-0.2, 0) is 28.5 Å². The van der Waals surface area contributed by atoms with E-state index in [1.54, 1.807) is 6.92 Å². The predicted molar refractivity (Wildman–Crippen MR) is 103 cm³/mol. The molecule has 0 aliphatic carbocycles. The summed E-state index contributed by atoms with van der Waals surface area (Å²) in [5.41, 5.74) is 5.31. The highest BCUT2D eigenvalue weighted by Crippen LogP contribution is 2.27. The van der Waals surface area contributed by atoms with E-state index in [9.17, 15) is 15.0 Å². The van der Waals surface area contributed by atoms with E-state index in [0.29, 0.717) is 46.0 Å². The van der Waals surface area contributed by atoms with Gasteiger partial charge in [-0.05, 0) is 6.42 Å². The molecule has 1 aliphatic heterocycles. The van der Waals surface area contributed by atoms with Gasteiger partial charge in [0.15, 0.2) is 0 Å². The van der Waals surface area contributed by atoms with E-state index in [-0.39, 0.29) is 13.2 Å². The average Bonchev–Trinajstić information content (AvgIpc) is 2.72. The number of ether oxygens (including phenoxy) is 5. The molecule has 0 aromatic rings. The van der Waals surface area contributed by atoms with E-state index in [0.717, 1.165) is 0 Å². The molecule has 0 radical (unpaired) electrons. The van der Waals surface area contributed by atoms with Gasteiger partial charge in [-0.3, -0.25) is 4.79 Å². The van der Waals surface area contributed by atoms with Crippen molar-refractivity contribution in [1.82, 2.24) is 0 Å². The molecule has 0 aromatic carbocycles. The van der Waals surface area contributed by atoms with E-state index in [1.165, 1.54) is 0 Å². The average molecular weight is 424 g/mol. The minimum atomic E-state index is -1.25. The van der Waals surface area contributed by atoms with Crippen LogP contribution in [-0.4, -0.2) is 105 Å². The van der Waals surface area contributed by atoms with E-state index < -0.39 is 48.8 Å². The van der Waals surface area contributed by atoms with Crippen molar-refractivity contribution < 1.29 is 43.8 Å². The number of hydrogen-bond acceptors (Lipinski definition) is 10. The van der Waals surface area contributed by atoms with Gasteiger partial charge in [0.1, 0.15) is 18.3 Å². The molecule has 1 saturated heterocycles. The van der Waals surface area contributed by atoms with Crippen molar-refractivity contribution >= 4 is 5.97 Å². The Bertz CT molecular complexity index is 440. The highest BCUT2D eigenvalue weighted by Gasteiger charge is 2.43. The highest BCUT2D eigenvalue weighted by molar-refractivity contribution is 5.72. The maximum absolute atomic E-state index is 12.5. The molecule has 10 nitrogen and oxygen atoms in total. The normalized spacial score (nSPS) is 26.8. The van der Waals surface area contributed by atoms with Crippen LogP contribution < -0.4 is 5.73 Å². The van der Waals surface area contributed by atoms with Crippen LogP contribution in [0, 0.1) is 11.8 Å². The summed E-state index contributed by atoms with van der Waals surface area (Å²) in [5.74, 6) is -1.78. The fraction of sp³-hybridized carbons (Fsp3) is 0.947. The van der Waals surface area contributed by atoms with Gasteiger partial charge < -0.3 is 44.7 Å². The molecule has 1 rings (SSSR count). The zero-order valence-electron chi connectivity index (χ0n) is 17.4. The van der Waals surface area contributed by atoms with E-state index in [4.69, 9.17) is 34.5 Å². The molecule has 1 unspecified atom stereocenters. The molecule has 5 N–H and O–H groups in total. The van der Waals surface area contributed by atoms with Crippen molar-refractivity contribution in [2.45, 2.75) is 44.7 Å². The number of aliphatic hydroxyl groups is 3. The Morgan fingerprint density at radius 2 is 1.72 bits per heavy atom. The molecule has 1 heterocycles. The van der Waals surface area contributed by atoms with Crippen molar-refractivity contribution in [1.29, 1.82) is 0 Å². The third kappa shape index (κ3) is 9.22. The molecule has 0 saturated carbocycles. The van der Waals surface area contributed by atoms with Gasteiger partial charge in [-0.15, -0.1) is 0 Å². The Morgan fingerprint density at radius 1 is 1.10 bits per heavy atom. The zero-order valence-corrected chi connectivity index (χ0v) is 17.4. The van der Waals surface area contributed by atoms with Gasteiger partial charge in [0.25, 0.3) is 0 Å². The Balaban J connectivity index is 2.28. The molecular formula is C19H37NO9. The van der Waals surface area contributed by atoms with Gasteiger partial charge in [0, 0.05) is 12.5 Å². The zero-order chi connectivity index (χ0) is 21.6. The van der Waals surface area contributed by atoms with Crippen LogP contribution in [0.5, 0.6) is 0 Å². The minimum absolute atomic E-state index is 0.0549. The number of aliphatic hydroxyl groups excluding tert-OH is 3. The SMILES string of the molecule is CC[C@H](COCCOCCOCCN)OC(=O)C(C)[C@H]1CO[C@H](CO)[C@H](O)[C@@H]1O. The van der Waals surface area contributed by atoms with Crippen LogP contribution >= 0.6 is 0 Å². The lowest BCUT2D eigenvalue weighted by molar-refractivity contribution is -0.193. The Kier molecular flexibility index (Phi) is 13.6. The topological polar surface area (TPSA) is 150 Å². The number of carbonyl (C=O) groups is 1. The van der Waals surface area contributed by atoms with Crippen LogP contribution in [0.25, 0.3) is 0 Å². The molecule has 0 aromatic heterocycles. The largest absolute Gasteiger partial charge is 0.460 e. The van der Waals surface area contributed by atoms with E-state index >= 15 is 0 Å². The second-order valence-electron chi connectivity index (χ2n) is 7.04. The van der Waals surface area contributed by atoms with Crippen molar-refractivity contribution in [2.24, 2.45) is 17.6 Å². The quantitative estimate of drug-likeness (QED) is 0.184. The summed E-state index contributed by atoms with van der Waals surface area (Å²) in [6, 6.07) is 0. The summed E-state index contributed by atoms with van der Waals surface area (Å²) < 4.78 is 26.9. The summed E-state index contributed by atoms with van der Waals surface area (Å²) in [6.07, 6.45) is -3.12. The van der Waals surface area contributed by atoms with Gasteiger partial charge in [0.05, 0.1) is 64.9 Å². The molecule has 1 aliphatic rings. The molecule has 29 heavy (non-hydrogen) atoms. The first kappa shape index (κ1) is 26.2. The third-order valence-corrected chi connectivity index (χ3v) is 4.91. The maximum Gasteiger partial charge on any atom is 0.309 e. The number of hydrogen-bond donors (Lipinski definition) is 4. The lowest BCUT2D eigenvalue weighted by Gasteiger charge is -2.39.